The summed E-state index contributed by atoms with van der Waals surface area (Å²) in [6, 6.07) is 5.37. The van der Waals surface area contributed by atoms with Crippen LogP contribution in [0.15, 0.2) is 18.2 Å². The van der Waals surface area contributed by atoms with E-state index >= 15 is 0 Å². The van der Waals surface area contributed by atoms with Crippen LogP contribution in [0.3, 0.4) is 0 Å². The zero-order valence-corrected chi connectivity index (χ0v) is 13.3. The van der Waals surface area contributed by atoms with Gasteiger partial charge in [-0.1, -0.05) is 0 Å². The lowest BCUT2D eigenvalue weighted by Gasteiger charge is -2.12. The zero-order chi connectivity index (χ0) is 14.4. The molecule has 2 N–H and O–H groups in total. The molecule has 1 amide bonds. The number of hydrogen-bond donors (Lipinski definition) is 2. The van der Waals surface area contributed by atoms with Gasteiger partial charge in [-0.15, -0.1) is 12.4 Å². The Morgan fingerprint density at radius 2 is 2.10 bits per heavy atom. The summed E-state index contributed by atoms with van der Waals surface area (Å²) in [5.74, 6) is 2.03. The van der Waals surface area contributed by atoms with E-state index in [-0.39, 0.29) is 18.3 Å². The molecule has 0 heterocycles. The van der Waals surface area contributed by atoms with Crippen LogP contribution in [0.4, 0.5) is 5.69 Å². The third kappa shape index (κ3) is 5.81. The first-order valence-corrected chi connectivity index (χ1v) is 7.04. The Morgan fingerprint density at radius 1 is 1.33 bits per heavy atom. The van der Waals surface area contributed by atoms with Crippen LogP contribution in [0.1, 0.15) is 19.8 Å². The molecule has 0 aromatic heterocycles. The molecular formula is C15H23ClN2O3. The number of amides is 1. The van der Waals surface area contributed by atoms with E-state index in [2.05, 4.69) is 10.6 Å². The van der Waals surface area contributed by atoms with Crippen molar-refractivity contribution in [2.24, 2.45) is 5.92 Å². The summed E-state index contributed by atoms with van der Waals surface area (Å²) in [5, 5.41) is 6.01. The fourth-order valence-corrected chi connectivity index (χ4v) is 1.94. The molecule has 1 aromatic rings. The summed E-state index contributed by atoms with van der Waals surface area (Å²) in [6.45, 7) is 3.73. The Hall–Kier alpha value is -1.46. The summed E-state index contributed by atoms with van der Waals surface area (Å²) in [5.41, 5.74) is 0.715. The zero-order valence-electron chi connectivity index (χ0n) is 12.5. The van der Waals surface area contributed by atoms with Crippen molar-refractivity contribution in [1.29, 1.82) is 0 Å². The average Bonchev–Trinajstić information content (AvgIpc) is 3.24. The largest absolute Gasteiger partial charge is 0.493 e. The van der Waals surface area contributed by atoms with Crippen LogP contribution in [0.25, 0.3) is 0 Å². The first-order chi connectivity index (χ1) is 9.72. The smallest absolute Gasteiger partial charge is 0.238 e. The third-order valence-corrected chi connectivity index (χ3v) is 3.16. The van der Waals surface area contributed by atoms with Gasteiger partial charge in [-0.3, -0.25) is 4.79 Å². The molecule has 0 saturated heterocycles. The van der Waals surface area contributed by atoms with Gasteiger partial charge in [0.1, 0.15) is 0 Å². The van der Waals surface area contributed by atoms with Gasteiger partial charge in [0.05, 0.1) is 20.3 Å². The Kier molecular flexibility index (Phi) is 7.32. The molecule has 1 aliphatic rings. The fraction of sp³-hybridized carbons (Fsp3) is 0.533. The van der Waals surface area contributed by atoms with Crippen LogP contribution >= 0.6 is 12.4 Å². The fourth-order valence-electron chi connectivity index (χ4n) is 1.94. The number of methoxy groups -OCH3 is 1. The Morgan fingerprint density at radius 3 is 2.71 bits per heavy atom. The lowest BCUT2D eigenvalue weighted by molar-refractivity contribution is -0.115. The van der Waals surface area contributed by atoms with Crippen LogP contribution < -0.4 is 20.1 Å². The van der Waals surface area contributed by atoms with Crippen molar-refractivity contribution in [2.75, 3.05) is 32.1 Å². The number of ether oxygens (including phenoxy) is 2. The summed E-state index contributed by atoms with van der Waals surface area (Å²) >= 11 is 0. The van der Waals surface area contributed by atoms with Crippen molar-refractivity contribution in [3.63, 3.8) is 0 Å². The molecule has 6 heteroatoms. The summed E-state index contributed by atoms with van der Waals surface area (Å²) < 4.78 is 10.7. The maximum atomic E-state index is 11.8. The molecule has 2 rings (SSSR count). The number of halogens is 1. The van der Waals surface area contributed by atoms with Gasteiger partial charge in [-0.25, -0.2) is 0 Å². The number of benzene rings is 1. The number of anilines is 1. The molecule has 0 radical (unpaired) electrons. The van der Waals surface area contributed by atoms with Crippen LogP contribution in [0, 0.1) is 5.92 Å². The van der Waals surface area contributed by atoms with E-state index in [0.717, 1.165) is 12.5 Å². The van der Waals surface area contributed by atoms with Gasteiger partial charge in [0, 0.05) is 11.8 Å². The molecule has 0 bridgehead atoms. The van der Waals surface area contributed by atoms with E-state index in [4.69, 9.17) is 9.47 Å². The molecule has 0 unspecified atom stereocenters. The number of rotatable bonds is 8. The van der Waals surface area contributed by atoms with Gasteiger partial charge in [0.15, 0.2) is 11.5 Å². The SMILES string of the molecule is CCOc1cc(NC(=O)CNCC2CC2)ccc1OC.Cl. The number of hydrogen-bond acceptors (Lipinski definition) is 4. The Labute approximate surface area is 131 Å². The average molecular weight is 315 g/mol. The van der Waals surface area contributed by atoms with E-state index in [1.807, 2.05) is 6.92 Å². The molecule has 1 aromatic carbocycles. The van der Waals surface area contributed by atoms with Gasteiger partial charge in [0.25, 0.3) is 0 Å². The van der Waals surface area contributed by atoms with Gasteiger partial charge in [-0.2, -0.15) is 0 Å². The van der Waals surface area contributed by atoms with Crippen molar-refractivity contribution in [1.82, 2.24) is 5.32 Å². The molecule has 5 nitrogen and oxygen atoms in total. The predicted molar refractivity (Wildman–Crippen MR) is 85.6 cm³/mol. The van der Waals surface area contributed by atoms with Crippen LogP contribution in [-0.4, -0.2) is 32.7 Å². The molecule has 0 spiro atoms. The number of carbonyl (C=O) groups is 1. The van der Waals surface area contributed by atoms with Crippen LogP contribution in [0.5, 0.6) is 11.5 Å². The third-order valence-electron chi connectivity index (χ3n) is 3.16. The normalized spacial score (nSPS) is 13.2. The lowest BCUT2D eigenvalue weighted by Crippen LogP contribution is -2.29. The minimum Gasteiger partial charge on any atom is -0.493 e. The monoisotopic (exact) mass is 314 g/mol. The topological polar surface area (TPSA) is 59.6 Å². The molecule has 1 saturated carbocycles. The van der Waals surface area contributed by atoms with Crippen LogP contribution in [-0.2, 0) is 4.79 Å². The van der Waals surface area contributed by atoms with E-state index in [1.54, 1.807) is 25.3 Å². The van der Waals surface area contributed by atoms with Crippen molar-refractivity contribution in [3.05, 3.63) is 18.2 Å². The predicted octanol–water partition coefficient (Wildman–Crippen LogP) is 2.45. The van der Waals surface area contributed by atoms with Crippen LogP contribution in [0.2, 0.25) is 0 Å². The van der Waals surface area contributed by atoms with E-state index in [1.165, 1.54) is 12.8 Å². The van der Waals surface area contributed by atoms with E-state index < -0.39 is 0 Å². The van der Waals surface area contributed by atoms with Crippen molar-refractivity contribution in [2.45, 2.75) is 19.8 Å². The van der Waals surface area contributed by atoms with E-state index in [0.29, 0.717) is 30.3 Å². The van der Waals surface area contributed by atoms with E-state index in [9.17, 15) is 4.79 Å². The van der Waals surface area contributed by atoms with Crippen molar-refractivity contribution < 1.29 is 14.3 Å². The molecule has 21 heavy (non-hydrogen) atoms. The minimum absolute atomic E-state index is 0. The quantitative estimate of drug-likeness (QED) is 0.774. The Balaban J connectivity index is 0.00000220. The summed E-state index contributed by atoms with van der Waals surface area (Å²) in [7, 11) is 1.60. The molecule has 1 aliphatic carbocycles. The highest BCUT2D eigenvalue weighted by atomic mass is 35.5. The highest BCUT2D eigenvalue weighted by Crippen LogP contribution is 2.30. The number of carbonyl (C=O) groups excluding carboxylic acids is 1. The first kappa shape index (κ1) is 17.6. The maximum Gasteiger partial charge on any atom is 0.238 e. The maximum absolute atomic E-state index is 11.8. The highest BCUT2D eigenvalue weighted by molar-refractivity contribution is 5.92. The van der Waals surface area contributed by atoms with Crippen molar-refractivity contribution in [3.8, 4) is 11.5 Å². The molecule has 0 atom stereocenters. The lowest BCUT2D eigenvalue weighted by atomic mass is 10.2. The van der Waals surface area contributed by atoms with Crippen molar-refractivity contribution >= 4 is 24.0 Å². The summed E-state index contributed by atoms with van der Waals surface area (Å²) in [4.78, 5) is 11.8. The summed E-state index contributed by atoms with van der Waals surface area (Å²) in [6.07, 6.45) is 2.57. The van der Waals surface area contributed by atoms with Gasteiger partial charge < -0.3 is 20.1 Å². The molecule has 0 aliphatic heterocycles. The second kappa shape index (κ2) is 8.74. The molecule has 1 fully saturated rings. The van der Waals surface area contributed by atoms with Gasteiger partial charge >= 0.3 is 0 Å². The highest BCUT2D eigenvalue weighted by Gasteiger charge is 2.20. The second-order valence-corrected chi connectivity index (χ2v) is 4.92. The minimum atomic E-state index is -0.0433. The Bertz CT molecular complexity index is 464. The first-order valence-electron chi connectivity index (χ1n) is 7.04. The number of nitrogens with one attached hydrogen (secondary N) is 2. The molecule has 118 valence electrons. The van der Waals surface area contributed by atoms with Gasteiger partial charge in [0.2, 0.25) is 5.91 Å². The second-order valence-electron chi connectivity index (χ2n) is 4.92. The van der Waals surface area contributed by atoms with Gasteiger partial charge in [-0.05, 0) is 44.4 Å². The molecular weight excluding hydrogens is 292 g/mol. The standard InChI is InChI=1S/C15H22N2O3.ClH/c1-3-20-14-8-12(6-7-13(14)19-2)17-15(18)10-16-9-11-4-5-11;/h6-8,11,16H,3-5,9-10H2,1-2H3,(H,17,18);1H.